The van der Waals surface area contributed by atoms with Crippen LogP contribution in [0.4, 0.5) is 0 Å². The zero-order valence-electron chi connectivity index (χ0n) is 21.4. The van der Waals surface area contributed by atoms with Crippen LogP contribution in [-0.2, 0) is 20.9 Å². The molecule has 11 nitrogen and oxygen atoms in total. The Morgan fingerprint density at radius 3 is 2.08 bits per heavy atom. The van der Waals surface area contributed by atoms with Crippen LogP contribution >= 0.6 is 0 Å². The van der Waals surface area contributed by atoms with E-state index in [-0.39, 0.29) is 43.0 Å². The van der Waals surface area contributed by atoms with Gasteiger partial charge in [-0.3, -0.25) is 50.6 Å². The lowest BCUT2D eigenvalue weighted by Crippen LogP contribution is -2.32. The molecule has 3 rings (SSSR count). The van der Waals surface area contributed by atoms with Crippen LogP contribution in [0.2, 0.25) is 0 Å². The third-order valence-electron chi connectivity index (χ3n) is 6.09. The van der Waals surface area contributed by atoms with Crippen LogP contribution < -0.4 is 16.3 Å². The number of hydrogen-bond acceptors (Lipinski definition) is 7. The molecule has 2 aromatic carbocycles. The number of hydrogen-bond donors (Lipinski definition) is 5. The predicted molar refractivity (Wildman–Crippen MR) is 142 cm³/mol. The van der Waals surface area contributed by atoms with Crippen molar-refractivity contribution in [3.63, 3.8) is 0 Å². The lowest BCUT2D eigenvalue weighted by Gasteiger charge is -2.14. The first-order chi connectivity index (χ1) is 18.4. The minimum atomic E-state index is -0.275. The zero-order chi connectivity index (χ0) is 27.3. The minimum absolute atomic E-state index is 0.157. The smallest absolute Gasteiger partial charge is 0.232 e. The van der Waals surface area contributed by atoms with Crippen molar-refractivity contribution in [3.8, 4) is 0 Å². The Hall–Kier alpha value is -4.09. The molecule has 1 fully saturated rings. The number of aliphatic imine (C=N–C) groups is 2. The highest BCUT2D eigenvalue weighted by Crippen LogP contribution is 2.19. The summed E-state index contributed by atoms with van der Waals surface area (Å²) in [4.78, 5) is 45.9. The molecule has 5 N–H and O–H groups in total. The Labute approximate surface area is 221 Å². The summed E-state index contributed by atoms with van der Waals surface area (Å²) >= 11 is 0. The molecule has 1 saturated heterocycles. The van der Waals surface area contributed by atoms with Crippen LogP contribution in [0.3, 0.4) is 0 Å². The third-order valence-corrected chi connectivity index (χ3v) is 6.09. The van der Waals surface area contributed by atoms with Crippen LogP contribution in [0.25, 0.3) is 0 Å². The quantitative estimate of drug-likeness (QED) is 0.0939. The van der Waals surface area contributed by atoms with Gasteiger partial charge in [-0.25, -0.2) is 0 Å². The predicted octanol–water partition coefficient (Wildman–Crippen LogP) is 2.02. The summed E-state index contributed by atoms with van der Waals surface area (Å²) in [5, 5.41) is 21.7. The molecular weight excluding hydrogens is 488 g/mol. The number of benzene rings is 2. The van der Waals surface area contributed by atoms with E-state index in [1.54, 1.807) is 19.1 Å². The van der Waals surface area contributed by atoms with Crippen LogP contribution in [0.15, 0.2) is 64.6 Å². The molecule has 202 valence electrons. The van der Waals surface area contributed by atoms with Gasteiger partial charge in [0.1, 0.15) is 0 Å². The second-order valence-electron chi connectivity index (χ2n) is 8.97. The Morgan fingerprint density at radius 2 is 1.53 bits per heavy atom. The summed E-state index contributed by atoms with van der Waals surface area (Å²) in [6.45, 7) is 3.17. The van der Waals surface area contributed by atoms with Crippen molar-refractivity contribution in [1.82, 2.24) is 21.2 Å². The van der Waals surface area contributed by atoms with Crippen molar-refractivity contribution >= 4 is 29.4 Å². The number of nitrogens with one attached hydrogen (secondary N) is 3. The van der Waals surface area contributed by atoms with Crippen molar-refractivity contribution in [2.45, 2.75) is 39.2 Å². The number of amides is 3. The van der Waals surface area contributed by atoms with Gasteiger partial charge in [0.05, 0.1) is 0 Å². The lowest BCUT2D eigenvalue weighted by molar-refractivity contribution is -0.139. The van der Waals surface area contributed by atoms with Crippen molar-refractivity contribution in [2.75, 3.05) is 19.6 Å². The van der Waals surface area contributed by atoms with Gasteiger partial charge in [-0.1, -0.05) is 61.5 Å². The van der Waals surface area contributed by atoms with Gasteiger partial charge in [0.15, 0.2) is 11.7 Å². The minimum Gasteiger partial charge on any atom is -0.352 e. The molecule has 0 aliphatic carbocycles. The fourth-order valence-electron chi connectivity index (χ4n) is 3.98. The summed E-state index contributed by atoms with van der Waals surface area (Å²) in [7, 11) is 0. The van der Waals surface area contributed by atoms with E-state index in [0.29, 0.717) is 49.7 Å². The number of imide groups is 1. The maximum atomic E-state index is 12.2. The van der Waals surface area contributed by atoms with E-state index >= 15 is 0 Å². The van der Waals surface area contributed by atoms with E-state index in [9.17, 15) is 24.8 Å². The first kappa shape index (κ1) is 28.5. The van der Waals surface area contributed by atoms with Crippen molar-refractivity contribution in [2.24, 2.45) is 15.9 Å². The molecule has 0 spiro atoms. The molecule has 38 heavy (non-hydrogen) atoms. The van der Waals surface area contributed by atoms with Crippen LogP contribution in [0, 0.1) is 5.92 Å². The summed E-state index contributed by atoms with van der Waals surface area (Å²) in [6.07, 6.45) is 1.49. The average Bonchev–Trinajstić information content (AvgIpc) is 3.18. The summed E-state index contributed by atoms with van der Waals surface area (Å²) in [6, 6.07) is 16.5. The average molecular weight is 523 g/mol. The Balaban J connectivity index is 1.40. The number of amidine groups is 2. The molecule has 0 saturated carbocycles. The summed E-state index contributed by atoms with van der Waals surface area (Å²) in [5.74, 6) is -0.0799. The second kappa shape index (κ2) is 14.6. The topological polar surface area (TPSA) is 156 Å². The third kappa shape index (κ3) is 8.22. The lowest BCUT2D eigenvalue weighted by atomic mass is 10.1. The molecule has 1 aliphatic heterocycles. The summed E-state index contributed by atoms with van der Waals surface area (Å²) in [5.41, 5.74) is 6.56. The van der Waals surface area contributed by atoms with E-state index in [2.05, 4.69) is 26.3 Å². The Kier molecular flexibility index (Phi) is 10.9. The van der Waals surface area contributed by atoms with Gasteiger partial charge in [-0.05, 0) is 18.4 Å². The van der Waals surface area contributed by atoms with Gasteiger partial charge in [0.25, 0.3) is 0 Å². The van der Waals surface area contributed by atoms with Gasteiger partial charge in [-0.15, -0.1) is 0 Å². The van der Waals surface area contributed by atoms with Gasteiger partial charge >= 0.3 is 0 Å². The largest absolute Gasteiger partial charge is 0.352 e. The number of carbonyl (C=O) groups excluding carboxylic acids is 3. The van der Waals surface area contributed by atoms with E-state index < -0.39 is 0 Å². The maximum Gasteiger partial charge on any atom is 0.232 e. The van der Waals surface area contributed by atoms with Gasteiger partial charge in [-0.2, -0.15) is 0 Å². The molecule has 3 amide bonds. The van der Waals surface area contributed by atoms with Gasteiger partial charge in [0, 0.05) is 56.1 Å². The standard InChI is InChI=1S/C27H34N6O5/c1-19-17-24(35)33(27(19)36)16-5-9-23(34)30-18-20-10-12-22(13-11-20)26(32-38)29-15-6-14-28-25(31-37)21-7-3-2-4-8-21/h2-4,7-8,10-13,19,37-38H,5-6,9,14-18H2,1H3,(H,28,31)(H,29,32)(H,30,34). The van der Waals surface area contributed by atoms with E-state index in [0.717, 1.165) is 11.1 Å². The van der Waals surface area contributed by atoms with E-state index in [1.807, 2.05) is 42.5 Å². The molecule has 1 aliphatic rings. The summed E-state index contributed by atoms with van der Waals surface area (Å²) < 4.78 is 0. The van der Waals surface area contributed by atoms with Crippen LogP contribution in [0.1, 0.15) is 49.3 Å². The SMILES string of the molecule is CC1CC(=O)N(CCCC(=O)NCc2ccc(C(=NCCCN=C(NO)c3ccccc3)NO)cc2)C1=O. The molecule has 2 aromatic rings. The number of hydroxylamine groups is 2. The molecule has 0 bridgehead atoms. The fraction of sp³-hybridized carbons (Fsp3) is 0.370. The number of rotatable bonds is 12. The zero-order valence-corrected chi connectivity index (χ0v) is 21.4. The van der Waals surface area contributed by atoms with Crippen molar-refractivity contribution in [3.05, 3.63) is 71.3 Å². The van der Waals surface area contributed by atoms with Gasteiger partial charge in [0.2, 0.25) is 17.7 Å². The molecule has 1 atom stereocenters. The molecule has 1 unspecified atom stereocenters. The monoisotopic (exact) mass is 522 g/mol. The number of likely N-dealkylation sites (tertiary alicyclic amines) is 1. The van der Waals surface area contributed by atoms with Crippen molar-refractivity contribution < 1.29 is 24.8 Å². The molecule has 11 heteroatoms. The normalized spacial score (nSPS) is 16.1. The molecular formula is C27H34N6O5. The van der Waals surface area contributed by atoms with Crippen LogP contribution in [-0.4, -0.2) is 64.3 Å². The number of carbonyl (C=O) groups is 3. The highest BCUT2D eigenvalue weighted by atomic mass is 16.5. The maximum absolute atomic E-state index is 12.2. The van der Waals surface area contributed by atoms with Crippen molar-refractivity contribution in [1.29, 1.82) is 0 Å². The van der Waals surface area contributed by atoms with Gasteiger partial charge < -0.3 is 5.32 Å². The molecule has 0 radical (unpaired) electrons. The second-order valence-corrected chi connectivity index (χ2v) is 8.97. The fourth-order valence-corrected chi connectivity index (χ4v) is 3.98. The highest BCUT2D eigenvalue weighted by molar-refractivity contribution is 6.03. The Morgan fingerprint density at radius 1 is 0.921 bits per heavy atom. The van der Waals surface area contributed by atoms with E-state index in [1.165, 1.54) is 4.90 Å². The molecule has 1 heterocycles. The van der Waals surface area contributed by atoms with E-state index in [4.69, 9.17) is 0 Å². The Bertz CT molecular complexity index is 1150. The highest BCUT2D eigenvalue weighted by Gasteiger charge is 2.34. The molecule has 0 aromatic heterocycles. The number of nitrogens with zero attached hydrogens (tertiary/aromatic N) is 3. The first-order valence-corrected chi connectivity index (χ1v) is 12.6. The van der Waals surface area contributed by atoms with Crippen LogP contribution in [0.5, 0.6) is 0 Å². The first-order valence-electron chi connectivity index (χ1n) is 12.6.